The molecule has 174 valence electrons. The Labute approximate surface area is 194 Å². The van der Waals surface area contributed by atoms with Crippen LogP contribution in [0.3, 0.4) is 0 Å². The Bertz CT molecular complexity index is 1070. The summed E-state index contributed by atoms with van der Waals surface area (Å²) in [5.74, 6) is 0.950. The molecule has 2 aromatic carbocycles. The van der Waals surface area contributed by atoms with E-state index in [1.165, 1.54) is 35.4 Å². The molecule has 0 radical (unpaired) electrons. The van der Waals surface area contributed by atoms with Crippen molar-refractivity contribution in [1.82, 2.24) is 15.1 Å². The summed E-state index contributed by atoms with van der Waals surface area (Å²) >= 11 is 0. The molecule has 8 nitrogen and oxygen atoms in total. The number of fused-ring (bicyclic) bond motifs is 1. The topological polar surface area (TPSA) is 74.3 Å². The molecule has 3 heterocycles. The van der Waals surface area contributed by atoms with Gasteiger partial charge in [-0.1, -0.05) is 24.3 Å². The monoisotopic (exact) mass is 450 g/mol. The van der Waals surface area contributed by atoms with Gasteiger partial charge in [-0.15, -0.1) is 0 Å². The van der Waals surface area contributed by atoms with Gasteiger partial charge in [-0.3, -0.25) is 9.69 Å². The van der Waals surface area contributed by atoms with E-state index in [4.69, 9.17) is 9.47 Å². The summed E-state index contributed by atoms with van der Waals surface area (Å²) in [6.45, 7) is 4.88. The van der Waals surface area contributed by atoms with E-state index < -0.39 is 11.6 Å². The van der Waals surface area contributed by atoms with E-state index in [1.807, 2.05) is 18.0 Å². The number of para-hydroxylation sites is 1. The molecule has 0 bridgehead atoms. The van der Waals surface area contributed by atoms with Gasteiger partial charge in [0.15, 0.2) is 11.5 Å². The summed E-state index contributed by atoms with van der Waals surface area (Å²) in [6.07, 6.45) is 3.71. The fourth-order valence-electron chi connectivity index (χ4n) is 4.90. The lowest BCUT2D eigenvalue weighted by Crippen LogP contribution is -2.43. The van der Waals surface area contributed by atoms with Crippen LogP contribution >= 0.6 is 0 Å². The van der Waals surface area contributed by atoms with Gasteiger partial charge in [0.2, 0.25) is 6.79 Å². The molecule has 0 aromatic heterocycles. The third-order valence-electron chi connectivity index (χ3n) is 6.74. The Morgan fingerprint density at radius 3 is 2.61 bits per heavy atom. The zero-order chi connectivity index (χ0) is 23.0. The third kappa shape index (κ3) is 3.99. The predicted octanol–water partition coefficient (Wildman–Crippen LogP) is 3.26. The minimum Gasteiger partial charge on any atom is -0.454 e. The van der Waals surface area contributed by atoms with Crippen LogP contribution < -0.4 is 19.7 Å². The maximum Gasteiger partial charge on any atom is 0.326 e. The number of anilines is 1. The summed E-state index contributed by atoms with van der Waals surface area (Å²) in [5, 5.41) is 2.88. The van der Waals surface area contributed by atoms with Gasteiger partial charge < -0.3 is 19.7 Å². The average molecular weight is 451 g/mol. The van der Waals surface area contributed by atoms with Gasteiger partial charge in [-0.05, 0) is 62.6 Å². The fourth-order valence-corrected chi connectivity index (χ4v) is 4.90. The molecule has 2 saturated heterocycles. The Morgan fingerprint density at radius 1 is 1.03 bits per heavy atom. The van der Waals surface area contributed by atoms with Gasteiger partial charge in [-0.25, -0.2) is 9.69 Å². The molecule has 2 fully saturated rings. The fraction of sp³-hybridized carbons (Fsp3) is 0.440. The second kappa shape index (κ2) is 8.59. The number of benzene rings is 2. The Hall–Kier alpha value is -3.26. The molecule has 2 aromatic rings. The van der Waals surface area contributed by atoms with Crippen molar-refractivity contribution in [2.45, 2.75) is 38.3 Å². The molecule has 1 N–H and O–H groups in total. The smallest absolute Gasteiger partial charge is 0.326 e. The molecule has 8 heteroatoms. The number of nitrogens with zero attached hydrogens (tertiary/aromatic N) is 3. The summed E-state index contributed by atoms with van der Waals surface area (Å²) in [6, 6.07) is 13.4. The SMILES string of the molecule is CN(Cc1ccccc1N1CCCCC1)CN1C(=O)N[C@](C)(c2ccc3c(c2)OCO3)C1=O. The minimum absolute atomic E-state index is 0.158. The maximum absolute atomic E-state index is 13.4. The molecular formula is C25H30N4O4. The number of urea groups is 1. The van der Waals surface area contributed by atoms with Crippen molar-refractivity contribution >= 4 is 17.6 Å². The highest BCUT2D eigenvalue weighted by Crippen LogP contribution is 2.38. The van der Waals surface area contributed by atoms with E-state index in [9.17, 15) is 9.59 Å². The van der Waals surface area contributed by atoms with E-state index in [1.54, 1.807) is 25.1 Å². The molecular weight excluding hydrogens is 420 g/mol. The van der Waals surface area contributed by atoms with Crippen molar-refractivity contribution < 1.29 is 19.1 Å². The number of hydrogen-bond acceptors (Lipinski definition) is 6. The number of hydrogen-bond donors (Lipinski definition) is 1. The van der Waals surface area contributed by atoms with E-state index in [2.05, 4.69) is 28.4 Å². The van der Waals surface area contributed by atoms with Gasteiger partial charge in [0, 0.05) is 25.3 Å². The molecule has 0 spiro atoms. The van der Waals surface area contributed by atoms with Crippen LogP contribution in [0.4, 0.5) is 10.5 Å². The Morgan fingerprint density at radius 2 is 1.79 bits per heavy atom. The number of nitrogens with one attached hydrogen (secondary N) is 1. The van der Waals surface area contributed by atoms with Crippen molar-refractivity contribution in [3.63, 3.8) is 0 Å². The number of imide groups is 1. The molecule has 0 aliphatic carbocycles. The molecule has 33 heavy (non-hydrogen) atoms. The first kappa shape index (κ1) is 21.6. The first-order chi connectivity index (χ1) is 16.0. The van der Waals surface area contributed by atoms with Gasteiger partial charge in [0.25, 0.3) is 5.91 Å². The van der Waals surface area contributed by atoms with Crippen molar-refractivity contribution in [3.8, 4) is 11.5 Å². The van der Waals surface area contributed by atoms with Gasteiger partial charge in [0.1, 0.15) is 5.54 Å². The van der Waals surface area contributed by atoms with Crippen LogP contribution in [0.25, 0.3) is 0 Å². The first-order valence-corrected chi connectivity index (χ1v) is 11.5. The van der Waals surface area contributed by atoms with Gasteiger partial charge in [0.05, 0.1) is 6.67 Å². The highest BCUT2D eigenvalue weighted by molar-refractivity contribution is 6.07. The zero-order valence-electron chi connectivity index (χ0n) is 19.2. The van der Waals surface area contributed by atoms with Crippen LogP contribution in [0.1, 0.15) is 37.3 Å². The molecule has 1 atom stereocenters. The van der Waals surface area contributed by atoms with Crippen LogP contribution in [-0.4, -0.2) is 55.3 Å². The van der Waals surface area contributed by atoms with E-state index in [-0.39, 0.29) is 19.4 Å². The maximum atomic E-state index is 13.4. The Kier molecular flexibility index (Phi) is 5.62. The lowest BCUT2D eigenvalue weighted by atomic mass is 9.92. The molecule has 3 aliphatic rings. The summed E-state index contributed by atoms with van der Waals surface area (Å²) < 4.78 is 10.8. The summed E-state index contributed by atoms with van der Waals surface area (Å²) in [4.78, 5) is 31.9. The highest BCUT2D eigenvalue weighted by atomic mass is 16.7. The summed E-state index contributed by atoms with van der Waals surface area (Å²) in [7, 11) is 1.93. The van der Waals surface area contributed by atoms with Gasteiger partial charge in [-0.2, -0.15) is 0 Å². The molecule has 3 amide bonds. The Balaban J connectivity index is 1.30. The molecule has 5 rings (SSSR count). The molecule has 3 aliphatic heterocycles. The van der Waals surface area contributed by atoms with E-state index in [0.29, 0.717) is 23.6 Å². The van der Waals surface area contributed by atoms with Gasteiger partial charge >= 0.3 is 6.03 Å². The molecule has 0 unspecified atom stereocenters. The lowest BCUT2D eigenvalue weighted by molar-refractivity contribution is -0.132. The summed E-state index contributed by atoms with van der Waals surface area (Å²) in [5.41, 5.74) is 1.97. The average Bonchev–Trinajstić information content (AvgIpc) is 3.38. The van der Waals surface area contributed by atoms with Crippen LogP contribution in [-0.2, 0) is 16.9 Å². The van der Waals surface area contributed by atoms with Crippen molar-refractivity contribution in [3.05, 3.63) is 53.6 Å². The van der Waals surface area contributed by atoms with Crippen LogP contribution in [0, 0.1) is 0 Å². The van der Waals surface area contributed by atoms with E-state index >= 15 is 0 Å². The van der Waals surface area contributed by atoms with Crippen LogP contribution in [0.15, 0.2) is 42.5 Å². The largest absolute Gasteiger partial charge is 0.454 e. The number of ether oxygens (including phenoxy) is 2. The second-order valence-electron chi connectivity index (χ2n) is 9.19. The number of rotatable bonds is 6. The number of piperidine rings is 1. The zero-order valence-corrected chi connectivity index (χ0v) is 19.2. The third-order valence-corrected chi connectivity index (χ3v) is 6.74. The van der Waals surface area contributed by atoms with Crippen molar-refractivity contribution in [2.24, 2.45) is 0 Å². The van der Waals surface area contributed by atoms with Crippen LogP contribution in [0.5, 0.6) is 11.5 Å². The lowest BCUT2D eigenvalue weighted by Gasteiger charge is -2.32. The minimum atomic E-state index is -1.15. The number of carbonyl (C=O) groups is 2. The highest BCUT2D eigenvalue weighted by Gasteiger charge is 2.49. The van der Waals surface area contributed by atoms with E-state index in [0.717, 1.165) is 13.1 Å². The quantitative estimate of drug-likeness (QED) is 0.681. The predicted molar refractivity (Wildman–Crippen MR) is 124 cm³/mol. The number of amides is 3. The standard InChI is InChI=1S/C25H30N4O4/c1-25(19-10-11-21-22(14-19)33-17-32-21)23(30)29(24(31)26-25)16-27(2)15-18-8-4-5-9-20(18)28-12-6-3-7-13-28/h4-5,8-11,14H,3,6-7,12-13,15-17H2,1-2H3,(H,26,31)/t25-/m1/s1. The van der Waals surface area contributed by atoms with Crippen LogP contribution in [0.2, 0.25) is 0 Å². The van der Waals surface area contributed by atoms with Crippen molar-refractivity contribution in [2.75, 3.05) is 38.5 Å². The first-order valence-electron chi connectivity index (χ1n) is 11.5. The number of carbonyl (C=O) groups excluding carboxylic acids is 2. The second-order valence-corrected chi connectivity index (χ2v) is 9.19. The normalized spacial score (nSPS) is 22.3. The molecule has 0 saturated carbocycles. The van der Waals surface area contributed by atoms with Crippen molar-refractivity contribution in [1.29, 1.82) is 0 Å².